The summed E-state index contributed by atoms with van der Waals surface area (Å²) in [5, 5.41) is 1.12. The van der Waals surface area contributed by atoms with Crippen LogP contribution in [-0.4, -0.2) is 6.08 Å². The van der Waals surface area contributed by atoms with Crippen molar-refractivity contribution in [1.29, 1.82) is 0 Å². The normalized spacial score (nSPS) is 10.3. The molecule has 1 aromatic heterocycles. The van der Waals surface area contributed by atoms with Crippen molar-refractivity contribution in [3.8, 4) is 0 Å². The third-order valence-corrected chi connectivity index (χ3v) is 2.57. The number of hydrogen-bond acceptors (Lipinski definition) is 3. The van der Waals surface area contributed by atoms with Gasteiger partial charge in [-0.2, -0.15) is 0 Å². The third kappa shape index (κ3) is 1.69. The van der Waals surface area contributed by atoms with E-state index in [1.54, 1.807) is 0 Å². The van der Waals surface area contributed by atoms with E-state index in [1.165, 1.54) is 6.08 Å². The predicted molar refractivity (Wildman–Crippen MR) is 57.5 cm³/mol. The Balaban J connectivity index is 2.51. The molecule has 1 aromatic carbocycles. The average molecular weight is 201 g/mol. The predicted octanol–water partition coefficient (Wildman–Crippen LogP) is 2.89. The topological polar surface area (TPSA) is 42.6 Å². The SMILES string of the molecule is Cc1oc2cc(CN=C=O)ccc2c1C. The van der Waals surface area contributed by atoms with E-state index in [0.717, 1.165) is 27.9 Å². The highest BCUT2D eigenvalue weighted by atomic mass is 16.3. The molecule has 0 aliphatic heterocycles. The van der Waals surface area contributed by atoms with Crippen LogP contribution in [0.5, 0.6) is 0 Å². The van der Waals surface area contributed by atoms with Gasteiger partial charge in [0.2, 0.25) is 6.08 Å². The first-order valence-corrected chi connectivity index (χ1v) is 4.74. The van der Waals surface area contributed by atoms with E-state index in [0.29, 0.717) is 6.54 Å². The lowest BCUT2D eigenvalue weighted by Crippen LogP contribution is -1.80. The Labute approximate surface area is 87.4 Å². The highest BCUT2D eigenvalue weighted by molar-refractivity contribution is 5.82. The number of nitrogens with zero attached hydrogens (tertiary/aromatic N) is 1. The Hall–Kier alpha value is -1.86. The fourth-order valence-electron chi connectivity index (χ4n) is 1.61. The minimum Gasteiger partial charge on any atom is -0.461 e. The largest absolute Gasteiger partial charge is 0.461 e. The number of fused-ring (bicyclic) bond motifs is 1. The summed E-state index contributed by atoms with van der Waals surface area (Å²) < 4.78 is 5.58. The number of isocyanates is 1. The van der Waals surface area contributed by atoms with Crippen LogP contribution in [0.3, 0.4) is 0 Å². The highest BCUT2D eigenvalue weighted by Crippen LogP contribution is 2.25. The third-order valence-electron chi connectivity index (χ3n) is 2.57. The van der Waals surface area contributed by atoms with Crippen LogP contribution in [0.25, 0.3) is 11.0 Å². The maximum atomic E-state index is 9.98. The molecule has 2 aromatic rings. The molecule has 0 aliphatic rings. The number of rotatable bonds is 2. The molecule has 2 rings (SSSR count). The molecular formula is C12H11NO2. The molecular weight excluding hydrogens is 190 g/mol. The minimum atomic E-state index is 0.359. The summed E-state index contributed by atoms with van der Waals surface area (Å²) in [5.41, 5.74) is 2.97. The molecule has 3 nitrogen and oxygen atoms in total. The van der Waals surface area contributed by atoms with Gasteiger partial charge in [0.25, 0.3) is 0 Å². The van der Waals surface area contributed by atoms with Gasteiger partial charge in [-0.1, -0.05) is 12.1 Å². The minimum absolute atomic E-state index is 0.359. The van der Waals surface area contributed by atoms with E-state index in [1.807, 2.05) is 32.0 Å². The molecule has 0 amide bonds. The van der Waals surface area contributed by atoms with Crippen molar-refractivity contribution in [1.82, 2.24) is 0 Å². The van der Waals surface area contributed by atoms with Gasteiger partial charge >= 0.3 is 0 Å². The monoisotopic (exact) mass is 201 g/mol. The molecule has 0 bridgehead atoms. The van der Waals surface area contributed by atoms with Crippen molar-refractivity contribution in [2.45, 2.75) is 20.4 Å². The van der Waals surface area contributed by atoms with Gasteiger partial charge in [0, 0.05) is 5.39 Å². The zero-order chi connectivity index (χ0) is 10.8. The number of aliphatic imine (C=N–C) groups is 1. The fraction of sp³-hybridized carbons (Fsp3) is 0.250. The van der Waals surface area contributed by atoms with Gasteiger partial charge in [0.05, 0.1) is 6.54 Å². The lowest BCUT2D eigenvalue weighted by molar-refractivity contribution is 0.562. The summed E-state index contributed by atoms with van der Waals surface area (Å²) in [4.78, 5) is 13.5. The number of benzene rings is 1. The number of furan rings is 1. The first-order valence-electron chi connectivity index (χ1n) is 4.74. The Bertz CT molecular complexity index is 548. The summed E-state index contributed by atoms with van der Waals surface area (Å²) in [7, 11) is 0. The molecule has 0 unspecified atom stereocenters. The van der Waals surface area contributed by atoms with Crippen LogP contribution in [0.15, 0.2) is 27.6 Å². The molecule has 76 valence electrons. The number of aryl methyl sites for hydroxylation is 2. The zero-order valence-electron chi connectivity index (χ0n) is 8.70. The van der Waals surface area contributed by atoms with Crippen molar-refractivity contribution in [2.75, 3.05) is 0 Å². The number of carbonyl (C=O) groups excluding carboxylic acids is 1. The maximum Gasteiger partial charge on any atom is 0.235 e. The molecule has 0 radical (unpaired) electrons. The van der Waals surface area contributed by atoms with Gasteiger partial charge in [-0.3, -0.25) is 0 Å². The van der Waals surface area contributed by atoms with Crippen LogP contribution >= 0.6 is 0 Å². The van der Waals surface area contributed by atoms with Crippen molar-refractivity contribution in [3.63, 3.8) is 0 Å². The molecule has 1 heterocycles. The molecule has 0 fully saturated rings. The summed E-state index contributed by atoms with van der Waals surface area (Å²) in [5.74, 6) is 0.932. The van der Waals surface area contributed by atoms with E-state index in [-0.39, 0.29) is 0 Å². The zero-order valence-corrected chi connectivity index (χ0v) is 8.70. The van der Waals surface area contributed by atoms with Crippen LogP contribution in [0.2, 0.25) is 0 Å². The Morgan fingerprint density at radius 1 is 1.40 bits per heavy atom. The molecule has 0 saturated heterocycles. The lowest BCUT2D eigenvalue weighted by atomic mass is 10.1. The second kappa shape index (κ2) is 3.71. The molecule has 0 saturated carbocycles. The fourth-order valence-corrected chi connectivity index (χ4v) is 1.61. The van der Waals surface area contributed by atoms with Gasteiger partial charge in [-0.05, 0) is 31.0 Å². The first kappa shape index (κ1) is 9.69. The van der Waals surface area contributed by atoms with E-state index >= 15 is 0 Å². The van der Waals surface area contributed by atoms with Crippen molar-refractivity contribution >= 4 is 17.0 Å². The quantitative estimate of drug-likeness (QED) is 0.553. The van der Waals surface area contributed by atoms with Gasteiger partial charge in [-0.25, -0.2) is 9.79 Å². The van der Waals surface area contributed by atoms with Crippen LogP contribution in [0.1, 0.15) is 16.9 Å². The molecule has 0 aliphatic carbocycles. The molecule has 3 heteroatoms. The van der Waals surface area contributed by atoms with Gasteiger partial charge in [0.1, 0.15) is 11.3 Å². The summed E-state index contributed by atoms with van der Waals surface area (Å²) in [6.07, 6.45) is 1.53. The second-order valence-corrected chi connectivity index (χ2v) is 3.52. The smallest absolute Gasteiger partial charge is 0.235 e. The summed E-state index contributed by atoms with van der Waals surface area (Å²) in [6.45, 7) is 4.33. The van der Waals surface area contributed by atoms with Crippen LogP contribution in [-0.2, 0) is 11.3 Å². The van der Waals surface area contributed by atoms with Crippen LogP contribution in [0, 0.1) is 13.8 Å². The lowest BCUT2D eigenvalue weighted by Gasteiger charge is -1.94. The summed E-state index contributed by atoms with van der Waals surface area (Å²) >= 11 is 0. The van der Waals surface area contributed by atoms with Crippen molar-refractivity contribution < 1.29 is 9.21 Å². The Morgan fingerprint density at radius 3 is 2.93 bits per heavy atom. The average Bonchev–Trinajstić information content (AvgIpc) is 2.52. The Morgan fingerprint density at radius 2 is 2.20 bits per heavy atom. The first-order chi connectivity index (χ1) is 7.22. The van der Waals surface area contributed by atoms with E-state index in [9.17, 15) is 4.79 Å². The second-order valence-electron chi connectivity index (χ2n) is 3.52. The van der Waals surface area contributed by atoms with Gasteiger partial charge in [-0.15, -0.1) is 0 Å². The van der Waals surface area contributed by atoms with E-state index < -0.39 is 0 Å². The molecule has 15 heavy (non-hydrogen) atoms. The maximum absolute atomic E-state index is 9.98. The Kier molecular flexibility index (Phi) is 2.40. The molecule has 0 N–H and O–H groups in total. The van der Waals surface area contributed by atoms with Crippen LogP contribution in [0.4, 0.5) is 0 Å². The van der Waals surface area contributed by atoms with Gasteiger partial charge < -0.3 is 4.42 Å². The van der Waals surface area contributed by atoms with Crippen molar-refractivity contribution in [3.05, 3.63) is 35.1 Å². The summed E-state index contributed by atoms with van der Waals surface area (Å²) in [6, 6.07) is 5.86. The van der Waals surface area contributed by atoms with Crippen molar-refractivity contribution in [2.24, 2.45) is 4.99 Å². The van der Waals surface area contributed by atoms with Crippen LogP contribution < -0.4 is 0 Å². The van der Waals surface area contributed by atoms with Gasteiger partial charge in [0.15, 0.2) is 0 Å². The van der Waals surface area contributed by atoms with E-state index in [2.05, 4.69) is 4.99 Å². The highest BCUT2D eigenvalue weighted by Gasteiger charge is 2.06. The standard InChI is InChI=1S/C12H11NO2/c1-8-9(2)15-12-5-10(6-13-7-14)3-4-11(8)12/h3-5H,6H2,1-2H3. The number of hydrogen-bond donors (Lipinski definition) is 0. The molecule has 0 spiro atoms. The van der Waals surface area contributed by atoms with E-state index in [4.69, 9.17) is 4.42 Å². The molecule has 0 atom stereocenters.